The van der Waals surface area contributed by atoms with Crippen LogP contribution in [0.4, 0.5) is 0 Å². The summed E-state index contributed by atoms with van der Waals surface area (Å²) in [5, 5.41) is 13.6. The molecule has 0 unspecified atom stereocenters. The van der Waals surface area contributed by atoms with E-state index in [0.29, 0.717) is 118 Å². The van der Waals surface area contributed by atoms with Gasteiger partial charge in [-0.05, 0) is 113 Å². The maximum Gasteiger partial charge on any atom is 0.307 e. The molecule has 0 saturated heterocycles. The van der Waals surface area contributed by atoms with Crippen molar-refractivity contribution in [3.8, 4) is 11.5 Å². The minimum absolute atomic E-state index is 0.222. The lowest BCUT2D eigenvalue weighted by Crippen LogP contribution is -2.25. The van der Waals surface area contributed by atoms with E-state index in [4.69, 9.17) is 56.8 Å². The molecule has 540 valence electrons. The molecular formula is C75H136N4O14. The Bertz CT molecular complexity index is 1750. The number of hydrogen-bond acceptors (Lipinski definition) is 18. The van der Waals surface area contributed by atoms with Crippen LogP contribution < -0.4 is 30.7 Å². The van der Waals surface area contributed by atoms with Gasteiger partial charge in [0.1, 0.15) is 37.9 Å². The number of benzene rings is 2. The Morgan fingerprint density at radius 1 is 0.280 bits per heavy atom. The van der Waals surface area contributed by atoms with Crippen LogP contribution in [0.3, 0.4) is 0 Å². The average molecular weight is 1320 g/mol. The molecule has 0 aliphatic heterocycles. The molecule has 18 nitrogen and oxygen atoms in total. The summed E-state index contributed by atoms with van der Waals surface area (Å²) in [4.78, 5) is 24.1. The molecule has 4 N–H and O–H groups in total. The van der Waals surface area contributed by atoms with Gasteiger partial charge < -0.3 is 78.1 Å². The van der Waals surface area contributed by atoms with Crippen molar-refractivity contribution in [2.75, 3.05) is 184 Å². The number of carbonyl (C=O) groups excluding carboxylic acids is 2. The first kappa shape index (κ1) is 85.6. The molecule has 0 radical (unpaired) electrons. The van der Waals surface area contributed by atoms with Crippen LogP contribution in [0, 0.1) is 0 Å². The number of nitrogens with one attached hydrogen (secondary N) is 4. The number of rotatable bonds is 74. The third kappa shape index (κ3) is 56.2. The maximum atomic E-state index is 12.0. The lowest BCUT2D eigenvalue weighted by atomic mass is 9.78. The van der Waals surface area contributed by atoms with Crippen molar-refractivity contribution in [3.05, 3.63) is 59.7 Å². The fourth-order valence-electron chi connectivity index (χ4n) is 10.3. The van der Waals surface area contributed by atoms with Crippen molar-refractivity contribution in [3.63, 3.8) is 0 Å². The molecule has 0 atom stereocenters. The number of carbonyl (C=O) groups is 2. The van der Waals surface area contributed by atoms with Crippen molar-refractivity contribution in [1.29, 1.82) is 0 Å². The second kappa shape index (κ2) is 67.1. The van der Waals surface area contributed by atoms with Gasteiger partial charge >= 0.3 is 11.9 Å². The second-order valence-corrected chi connectivity index (χ2v) is 24.7. The SMILES string of the molecule is CCCCCCCCCCCCCOCCCNCCCNCCC(=O)OCCOCCOCCOCCOc1ccc(C(C)(C)c2ccc(OCCOCCOCCOCCOC(=O)CCNCCCNCCCOCCCCCCCCCCCCC)cc2)cc1. The van der Waals surface area contributed by atoms with Crippen LogP contribution in [0.1, 0.15) is 219 Å². The molecule has 0 aliphatic rings. The van der Waals surface area contributed by atoms with Crippen molar-refractivity contribution in [2.45, 2.75) is 213 Å². The number of hydrogen-bond donors (Lipinski definition) is 4. The molecule has 0 spiro atoms. The normalized spacial score (nSPS) is 11.7. The largest absolute Gasteiger partial charge is 0.491 e. The van der Waals surface area contributed by atoms with Crippen LogP contribution in [-0.2, 0) is 62.4 Å². The van der Waals surface area contributed by atoms with E-state index >= 15 is 0 Å². The van der Waals surface area contributed by atoms with Gasteiger partial charge in [0.25, 0.3) is 0 Å². The monoisotopic (exact) mass is 1320 g/mol. The minimum atomic E-state index is -0.227. The molecule has 0 aliphatic carbocycles. The summed E-state index contributed by atoms with van der Waals surface area (Å²) in [6.45, 7) is 25.6. The summed E-state index contributed by atoms with van der Waals surface area (Å²) in [6, 6.07) is 16.4. The zero-order valence-electron chi connectivity index (χ0n) is 59.4. The molecule has 2 aromatic carbocycles. The summed E-state index contributed by atoms with van der Waals surface area (Å²) in [7, 11) is 0. The smallest absolute Gasteiger partial charge is 0.307 e. The van der Waals surface area contributed by atoms with Gasteiger partial charge in [0.2, 0.25) is 0 Å². The molecule has 0 saturated carbocycles. The Balaban J connectivity index is 1.29. The Hall–Kier alpha value is -3.50. The molecule has 18 heteroatoms. The molecular weight excluding hydrogens is 1180 g/mol. The van der Waals surface area contributed by atoms with Crippen LogP contribution in [0.5, 0.6) is 11.5 Å². The Morgan fingerprint density at radius 2 is 0.527 bits per heavy atom. The number of ether oxygens (including phenoxy) is 12. The molecule has 0 aromatic heterocycles. The van der Waals surface area contributed by atoms with Crippen molar-refractivity contribution >= 4 is 11.9 Å². The lowest BCUT2D eigenvalue weighted by molar-refractivity contribution is -0.146. The van der Waals surface area contributed by atoms with Crippen LogP contribution >= 0.6 is 0 Å². The van der Waals surface area contributed by atoms with Gasteiger partial charge in [0, 0.05) is 44.9 Å². The highest BCUT2D eigenvalue weighted by molar-refractivity contribution is 5.69. The summed E-state index contributed by atoms with van der Waals surface area (Å²) < 4.78 is 67.7. The minimum Gasteiger partial charge on any atom is -0.491 e. The fourth-order valence-corrected chi connectivity index (χ4v) is 10.3. The summed E-state index contributed by atoms with van der Waals surface area (Å²) in [6.07, 6.45) is 34.7. The fraction of sp³-hybridized carbons (Fsp3) is 0.813. The first-order valence-electron chi connectivity index (χ1n) is 37.1. The highest BCUT2D eigenvalue weighted by atomic mass is 16.6. The Labute approximate surface area is 565 Å². The summed E-state index contributed by atoms with van der Waals surface area (Å²) in [5.74, 6) is 1.13. The third-order valence-electron chi connectivity index (χ3n) is 16.1. The summed E-state index contributed by atoms with van der Waals surface area (Å²) >= 11 is 0. The topological polar surface area (TPSA) is 193 Å². The summed E-state index contributed by atoms with van der Waals surface area (Å²) in [5.41, 5.74) is 2.12. The van der Waals surface area contributed by atoms with E-state index in [-0.39, 0.29) is 30.6 Å². The maximum absolute atomic E-state index is 12.0. The van der Waals surface area contributed by atoms with Gasteiger partial charge in [-0.1, -0.05) is 180 Å². The predicted molar refractivity (Wildman–Crippen MR) is 377 cm³/mol. The first-order valence-corrected chi connectivity index (χ1v) is 37.1. The first-order chi connectivity index (χ1) is 45.9. The molecule has 0 fully saturated rings. The van der Waals surface area contributed by atoms with E-state index in [1.807, 2.05) is 24.3 Å². The standard InChI is InChI=1S/C75H136N4O14/c1-5-7-9-11-13-15-17-19-21-23-25-49-82-51-29-45-76-41-27-43-78-47-39-73(80)92-67-63-88-59-55-84-53-57-86-61-65-90-71-35-31-69(32-36-71)75(3,4)70-33-37-72(38-34-70)91-66-62-87-58-54-85-56-60-89-64-68-93-74(81)40-48-79-44-28-42-77-46-30-52-83-50-26-24-22-20-18-16-14-12-10-8-6-2/h31-38,76-79H,5-30,39-68H2,1-4H3. The van der Waals surface area contributed by atoms with E-state index in [0.717, 1.165) is 103 Å². The van der Waals surface area contributed by atoms with Crippen molar-refractivity contribution in [1.82, 2.24) is 21.3 Å². The highest BCUT2D eigenvalue weighted by Gasteiger charge is 2.23. The molecule has 2 aromatic rings. The van der Waals surface area contributed by atoms with E-state index in [1.165, 1.54) is 152 Å². The van der Waals surface area contributed by atoms with Crippen LogP contribution in [0.15, 0.2) is 48.5 Å². The van der Waals surface area contributed by atoms with Crippen LogP contribution in [-0.4, -0.2) is 196 Å². The van der Waals surface area contributed by atoms with Gasteiger partial charge in [-0.3, -0.25) is 9.59 Å². The zero-order valence-corrected chi connectivity index (χ0v) is 59.4. The Morgan fingerprint density at radius 3 is 0.849 bits per heavy atom. The number of unbranched alkanes of at least 4 members (excludes halogenated alkanes) is 20. The highest BCUT2D eigenvalue weighted by Crippen LogP contribution is 2.33. The lowest BCUT2D eigenvalue weighted by Gasteiger charge is -2.26. The third-order valence-corrected chi connectivity index (χ3v) is 16.1. The van der Waals surface area contributed by atoms with E-state index < -0.39 is 0 Å². The Kier molecular flexibility index (Phi) is 61.7. The molecule has 0 amide bonds. The zero-order chi connectivity index (χ0) is 66.5. The van der Waals surface area contributed by atoms with Gasteiger partial charge in [-0.25, -0.2) is 0 Å². The molecule has 0 heterocycles. The van der Waals surface area contributed by atoms with Gasteiger partial charge in [-0.2, -0.15) is 0 Å². The van der Waals surface area contributed by atoms with Gasteiger partial charge in [0.05, 0.1) is 92.1 Å². The molecule has 2 rings (SSSR count). The van der Waals surface area contributed by atoms with E-state index in [1.54, 1.807) is 0 Å². The average Bonchev–Trinajstić information content (AvgIpc) is 1.26. The van der Waals surface area contributed by atoms with Crippen molar-refractivity contribution in [2.24, 2.45) is 0 Å². The number of esters is 2. The van der Waals surface area contributed by atoms with Gasteiger partial charge in [0.15, 0.2) is 0 Å². The molecule has 0 bridgehead atoms. The van der Waals surface area contributed by atoms with Crippen LogP contribution in [0.25, 0.3) is 0 Å². The predicted octanol–water partition coefficient (Wildman–Crippen LogP) is 13.3. The van der Waals surface area contributed by atoms with Gasteiger partial charge in [-0.15, -0.1) is 0 Å². The van der Waals surface area contributed by atoms with E-state index in [9.17, 15) is 9.59 Å². The quantitative estimate of drug-likeness (QED) is 0.0361. The second-order valence-electron chi connectivity index (χ2n) is 24.7. The molecule has 93 heavy (non-hydrogen) atoms. The van der Waals surface area contributed by atoms with E-state index in [2.05, 4.69) is 73.2 Å². The van der Waals surface area contributed by atoms with Crippen LogP contribution in [0.2, 0.25) is 0 Å². The van der Waals surface area contributed by atoms with Crippen molar-refractivity contribution < 1.29 is 66.4 Å².